The van der Waals surface area contributed by atoms with Gasteiger partial charge in [0, 0.05) is 19.2 Å². The maximum absolute atomic E-state index is 12.7. The number of carbonyl (C=O) groups is 1. The van der Waals surface area contributed by atoms with Crippen molar-refractivity contribution in [3.05, 3.63) is 89.5 Å². The lowest BCUT2D eigenvalue weighted by Gasteiger charge is -2.39. The highest BCUT2D eigenvalue weighted by Crippen LogP contribution is 2.43. The average molecular weight is 369 g/mol. The van der Waals surface area contributed by atoms with Gasteiger partial charge in [0.25, 0.3) is 0 Å². The molecule has 2 heterocycles. The fourth-order valence-corrected chi connectivity index (χ4v) is 4.47. The van der Waals surface area contributed by atoms with Crippen LogP contribution in [0.4, 0.5) is 0 Å². The monoisotopic (exact) mass is 369 g/mol. The summed E-state index contributed by atoms with van der Waals surface area (Å²) >= 11 is 0. The van der Waals surface area contributed by atoms with E-state index in [-0.39, 0.29) is 11.5 Å². The van der Waals surface area contributed by atoms with Gasteiger partial charge in [-0.3, -0.25) is 4.79 Å². The largest absolute Gasteiger partial charge is 0.365 e. The van der Waals surface area contributed by atoms with Gasteiger partial charge in [0.05, 0.1) is 12.2 Å². The fourth-order valence-electron chi connectivity index (χ4n) is 4.47. The Morgan fingerprint density at radius 3 is 2.54 bits per heavy atom. The lowest BCUT2D eigenvalue weighted by Crippen LogP contribution is -2.44. The Morgan fingerprint density at radius 2 is 1.68 bits per heavy atom. The third-order valence-electron chi connectivity index (χ3n) is 6.09. The van der Waals surface area contributed by atoms with Crippen LogP contribution in [0.5, 0.6) is 0 Å². The van der Waals surface area contributed by atoms with Crippen molar-refractivity contribution >= 4 is 22.8 Å². The molecule has 0 aromatic heterocycles. The maximum atomic E-state index is 12.7. The minimum Gasteiger partial charge on any atom is -0.365 e. The molecule has 0 saturated carbocycles. The summed E-state index contributed by atoms with van der Waals surface area (Å²) in [7, 11) is 0. The molecule has 1 spiro atoms. The van der Waals surface area contributed by atoms with Gasteiger partial charge >= 0.3 is 0 Å². The highest BCUT2D eigenvalue weighted by atomic mass is 16.5. The molecule has 2 aliphatic heterocycles. The molecule has 3 aromatic rings. The first kappa shape index (κ1) is 17.2. The van der Waals surface area contributed by atoms with Crippen molar-refractivity contribution in [3.63, 3.8) is 0 Å². The SMILES string of the molecule is O=C(/C=C/c1ccc2ccccc2c1)N1CCC2(CC1)OCc1ccccc12. The minimum atomic E-state index is -0.199. The van der Waals surface area contributed by atoms with Crippen molar-refractivity contribution in [2.75, 3.05) is 13.1 Å². The van der Waals surface area contributed by atoms with Crippen LogP contribution < -0.4 is 0 Å². The van der Waals surface area contributed by atoms with E-state index < -0.39 is 0 Å². The Labute approximate surface area is 165 Å². The van der Waals surface area contributed by atoms with E-state index in [2.05, 4.69) is 54.6 Å². The van der Waals surface area contributed by atoms with Gasteiger partial charge in [-0.05, 0) is 52.4 Å². The van der Waals surface area contributed by atoms with Crippen molar-refractivity contribution in [1.82, 2.24) is 4.90 Å². The van der Waals surface area contributed by atoms with Crippen LogP contribution in [-0.4, -0.2) is 23.9 Å². The number of benzene rings is 3. The number of likely N-dealkylation sites (tertiary alicyclic amines) is 1. The summed E-state index contributed by atoms with van der Waals surface area (Å²) in [6.45, 7) is 2.15. The summed E-state index contributed by atoms with van der Waals surface area (Å²) in [6.07, 6.45) is 5.34. The van der Waals surface area contributed by atoms with Gasteiger partial charge in [-0.15, -0.1) is 0 Å². The second-order valence-corrected chi connectivity index (χ2v) is 7.71. The molecule has 0 aliphatic carbocycles. The predicted octanol–water partition coefficient (Wildman–Crippen LogP) is 4.90. The van der Waals surface area contributed by atoms with Gasteiger partial charge in [-0.25, -0.2) is 0 Å². The number of fused-ring (bicyclic) bond motifs is 3. The van der Waals surface area contributed by atoms with Crippen molar-refractivity contribution in [1.29, 1.82) is 0 Å². The molecule has 3 aromatic carbocycles. The zero-order chi connectivity index (χ0) is 19.0. The number of rotatable bonds is 2. The molecular weight excluding hydrogens is 346 g/mol. The molecule has 28 heavy (non-hydrogen) atoms. The van der Waals surface area contributed by atoms with E-state index in [9.17, 15) is 4.79 Å². The van der Waals surface area contributed by atoms with E-state index >= 15 is 0 Å². The van der Waals surface area contributed by atoms with Crippen LogP contribution in [-0.2, 0) is 21.7 Å². The topological polar surface area (TPSA) is 29.5 Å². The molecule has 3 nitrogen and oxygen atoms in total. The van der Waals surface area contributed by atoms with Crippen LogP contribution in [0.3, 0.4) is 0 Å². The molecule has 2 aliphatic rings. The van der Waals surface area contributed by atoms with Crippen LogP contribution in [0.25, 0.3) is 16.8 Å². The number of hydrogen-bond acceptors (Lipinski definition) is 2. The van der Waals surface area contributed by atoms with Crippen LogP contribution in [0.15, 0.2) is 72.8 Å². The summed E-state index contributed by atoms with van der Waals surface area (Å²) in [6, 6.07) is 23.0. The van der Waals surface area contributed by atoms with E-state index in [0.29, 0.717) is 6.61 Å². The summed E-state index contributed by atoms with van der Waals surface area (Å²) in [5.41, 5.74) is 3.45. The van der Waals surface area contributed by atoms with E-state index in [1.165, 1.54) is 21.9 Å². The highest BCUT2D eigenvalue weighted by Gasteiger charge is 2.42. The number of hydrogen-bond donors (Lipinski definition) is 0. The molecule has 1 saturated heterocycles. The van der Waals surface area contributed by atoms with Gasteiger partial charge in [-0.1, -0.05) is 60.7 Å². The first-order valence-electron chi connectivity index (χ1n) is 9.92. The van der Waals surface area contributed by atoms with Gasteiger partial charge in [0.2, 0.25) is 5.91 Å². The molecular formula is C25H23NO2. The molecule has 3 heteroatoms. The fraction of sp³-hybridized carbons (Fsp3) is 0.240. The Bertz CT molecular complexity index is 1060. The van der Waals surface area contributed by atoms with Gasteiger partial charge in [0.1, 0.15) is 0 Å². The number of amides is 1. The molecule has 5 rings (SSSR count). The predicted molar refractivity (Wildman–Crippen MR) is 112 cm³/mol. The third-order valence-corrected chi connectivity index (χ3v) is 6.09. The molecule has 0 atom stereocenters. The lowest BCUT2D eigenvalue weighted by atomic mass is 9.84. The Kier molecular flexibility index (Phi) is 4.25. The Hall–Kier alpha value is -2.91. The molecule has 0 bridgehead atoms. The third kappa shape index (κ3) is 3.02. The van der Waals surface area contributed by atoms with E-state index in [1.54, 1.807) is 6.08 Å². The second kappa shape index (κ2) is 6.92. The average Bonchev–Trinajstić information content (AvgIpc) is 3.11. The molecule has 0 radical (unpaired) electrons. The number of piperidine rings is 1. The first-order valence-corrected chi connectivity index (χ1v) is 9.92. The zero-order valence-electron chi connectivity index (χ0n) is 15.8. The molecule has 1 fully saturated rings. The van der Waals surface area contributed by atoms with E-state index in [0.717, 1.165) is 31.5 Å². The Morgan fingerprint density at radius 1 is 0.929 bits per heavy atom. The van der Waals surface area contributed by atoms with Crippen LogP contribution >= 0.6 is 0 Å². The van der Waals surface area contributed by atoms with Crippen LogP contribution in [0.2, 0.25) is 0 Å². The van der Waals surface area contributed by atoms with E-state index in [1.807, 2.05) is 23.1 Å². The molecule has 140 valence electrons. The van der Waals surface area contributed by atoms with Crippen molar-refractivity contribution in [3.8, 4) is 0 Å². The Balaban J connectivity index is 1.26. The molecule has 0 N–H and O–H groups in total. The highest BCUT2D eigenvalue weighted by molar-refractivity contribution is 5.93. The normalized spacial score (nSPS) is 18.1. The molecule has 0 unspecified atom stereocenters. The van der Waals surface area contributed by atoms with Crippen molar-refractivity contribution in [2.24, 2.45) is 0 Å². The number of nitrogens with zero attached hydrogens (tertiary/aromatic N) is 1. The number of carbonyl (C=O) groups excluding carboxylic acids is 1. The van der Waals surface area contributed by atoms with Gasteiger partial charge in [-0.2, -0.15) is 0 Å². The standard InChI is InChI=1S/C25H23NO2/c27-24(12-10-19-9-11-20-5-1-2-6-21(20)17-19)26-15-13-25(14-16-26)23-8-4-3-7-22(23)18-28-25/h1-12,17H,13-16,18H2/b12-10+. The zero-order valence-corrected chi connectivity index (χ0v) is 15.8. The minimum absolute atomic E-state index is 0.0780. The van der Waals surface area contributed by atoms with Gasteiger partial charge in [0.15, 0.2) is 0 Å². The molecule has 1 amide bonds. The van der Waals surface area contributed by atoms with Gasteiger partial charge < -0.3 is 9.64 Å². The number of ether oxygens (including phenoxy) is 1. The summed E-state index contributed by atoms with van der Waals surface area (Å²) < 4.78 is 6.19. The van der Waals surface area contributed by atoms with Crippen LogP contribution in [0.1, 0.15) is 29.5 Å². The maximum Gasteiger partial charge on any atom is 0.246 e. The second-order valence-electron chi connectivity index (χ2n) is 7.71. The summed E-state index contributed by atoms with van der Waals surface area (Å²) in [5.74, 6) is 0.0780. The first-order chi connectivity index (χ1) is 13.7. The summed E-state index contributed by atoms with van der Waals surface area (Å²) in [4.78, 5) is 14.6. The summed E-state index contributed by atoms with van der Waals surface area (Å²) in [5, 5.41) is 2.40. The quantitative estimate of drug-likeness (QED) is 0.601. The van der Waals surface area contributed by atoms with Crippen molar-refractivity contribution < 1.29 is 9.53 Å². The smallest absolute Gasteiger partial charge is 0.246 e. The van der Waals surface area contributed by atoms with Crippen LogP contribution in [0, 0.1) is 0 Å². The van der Waals surface area contributed by atoms with Crippen molar-refractivity contribution in [2.45, 2.75) is 25.0 Å². The van der Waals surface area contributed by atoms with E-state index in [4.69, 9.17) is 4.74 Å². The lowest BCUT2D eigenvalue weighted by molar-refractivity contribution is -0.133.